The predicted molar refractivity (Wildman–Crippen MR) is 76.9 cm³/mol. The molecule has 0 radical (unpaired) electrons. The third-order valence-electron chi connectivity index (χ3n) is 2.71. The normalized spacial score (nSPS) is 10.2. The van der Waals surface area contributed by atoms with E-state index in [0.717, 1.165) is 0 Å². The standard InChI is InChI=1S/C14H9BrFNO4/c15-11-3-2-10(12(16)6-11)8-21-14-5-9(7-18)1-4-13(14)17(19)20/h1-7H,8H2. The molecule has 0 bridgehead atoms. The van der Waals surface area contributed by atoms with Gasteiger partial charge in [0.2, 0.25) is 0 Å². The Morgan fingerprint density at radius 2 is 2.05 bits per heavy atom. The van der Waals surface area contributed by atoms with Crippen LogP contribution in [0.3, 0.4) is 0 Å². The van der Waals surface area contributed by atoms with Crippen LogP contribution in [-0.2, 0) is 6.61 Å². The van der Waals surface area contributed by atoms with E-state index in [9.17, 15) is 19.3 Å². The van der Waals surface area contributed by atoms with E-state index < -0.39 is 10.7 Å². The lowest BCUT2D eigenvalue weighted by atomic mass is 10.2. The second-order valence-electron chi connectivity index (χ2n) is 4.13. The molecule has 0 aromatic heterocycles. The lowest BCUT2D eigenvalue weighted by Crippen LogP contribution is -2.01. The fourth-order valence-corrected chi connectivity index (χ4v) is 2.00. The highest BCUT2D eigenvalue weighted by Gasteiger charge is 2.16. The molecule has 0 aliphatic heterocycles. The molecular formula is C14H9BrFNO4. The molecule has 5 nitrogen and oxygen atoms in total. The van der Waals surface area contributed by atoms with Gasteiger partial charge in [-0.2, -0.15) is 0 Å². The Hall–Kier alpha value is -2.28. The smallest absolute Gasteiger partial charge is 0.310 e. The van der Waals surface area contributed by atoms with Gasteiger partial charge in [0.1, 0.15) is 18.7 Å². The van der Waals surface area contributed by atoms with Crippen molar-refractivity contribution >= 4 is 27.9 Å². The number of carbonyl (C=O) groups is 1. The van der Waals surface area contributed by atoms with Crippen molar-refractivity contribution in [3.63, 3.8) is 0 Å². The molecule has 0 saturated heterocycles. The van der Waals surface area contributed by atoms with Gasteiger partial charge in [-0.15, -0.1) is 0 Å². The maximum Gasteiger partial charge on any atom is 0.310 e. The highest BCUT2D eigenvalue weighted by Crippen LogP contribution is 2.28. The molecule has 0 aliphatic carbocycles. The Morgan fingerprint density at radius 1 is 1.29 bits per heavy atom. The van der Waals surface area contributed by atoms with E-state index in [0.29, 0.717) is 10.8 Å². The quantitative estimate of drug-likeness (QED) is 0.464. The minimum atomic E-state index is -0.623. The Labute approximate surface area is 127 Å². The summed E-state index contributed by atoms with van der Waals surface area (Å²) in [6.07, 6.45) is 0.552. The molecule has 2 aromatic carbocycles. The fourth-order valence-electron chi connectivity index (χ4n) is 1.66. The average Bonchev–Trinajstić information content (AvgIpc) is 2.45. The number of halogens is 2. The maximum atomic E-state index is 13.7. The van der Waals surface area contributed by atoms with Crippen LogP contribution < -0.4 is 4.74 Å². The second kappa shape index (κ2) is 6.45. The first-order chi connectivity index (χ1) is 10.0. The Balaban J connectivity index is 2.26. The zero-order chi connectivity index (χ0) is 15.4. The summed E-state index contributed by atoms with van der Waals surface area (Å²) in [5, 5.41) is 10.9. The summed E-state index contributed by atoms with van der Waals surface area (Å²) in [5.74, 6) is -0.564. The minimum Gasteiger partial charge on any atom is -0.482 e. The lowest BCUT2D eigenvalue weighted by Gasteiger charge is -2.08. The van der Waals surface area contributed by atoms with Crippen molar-refractivity contribution in [2.45, 2.75) is 6.61 Å². The summed E-state index contributed by atoms with van der Waals surface area (Å²) in [5.41, 5.74) is 0.217. The molecule has 0 atom stereocenters. The summed E-state index contributed by atoms with van der Waals surface area (Å²) in [4.78, 5) is 21.0. The third kappa shape index (κ3) is 3.63. The molecule has 0 spiro atoms. The van der Waals surface area contributed by atoms with E-state index >= 15 is 0 Å². The first kappa shape index (κ1) is 15.1. The Morgan fingerprint density at radius 3 is 2.67 bits per heavy atom. The highest BCUT2D eigenvalue weighted by molar-refractivity contribution is 9.10. The number of hydrogen-bond donors (Lipinski definition) is 0. The maximum absolute atomic E-state index is 13.7. The van der Waals surface area contributed by atoms with Crippen LogP contribution in [0.4, 0.5) is 10.1 Å². The number of carbonyl (C=O) groups excluding carboxylic acids is 1. The number of benzene rings is 2. The van der Waals surface area contributed by atoms with Crippen LogP contribution in [-0.4, -0.2) is 11.2 Å². The lowest BCUT2D eigenvalue weighted by molar-refractivity contribution is -0.385. The summed E-state index contributed by atoms with van der Waals surface area (Å²) in [6, 6.07) is 8.17. The molecule has 0 amide bonds. The van der Waals surface area contributed by atoms with Crippen molar-refractivity contribution in [2.75, 3.05) is 0 Å². The molecule has 0 saturated carbocycles. The molecule has 21 heavy (non-hydrogen) atoms. The van der Waals surface area contributed by atoms with Gasteiger partial charge in [0, 0.05) is 21.7 Å². The summed E-state index contributed by atoms with van der Waals surface area (Å²) >= 11 is 3.13. The molecule has 0 aliphatic rings. The van der Waals surface area contributed by atoms with Gasteiger partial charge >= 0.3 is 5.69 Å². The molecule has 0 fully saturated rings. The first-order valence-corrected chi connectivity index (χ1v) is 6.61. The number of nitrogens with zero attached hydrogens (tertiary/aromatic N) is 1. The van der Waals surface area contributed by atoms with Crippen molar-refractivity contribution in [1.82, 2.24) is 0 Å². The van der Waals surface area contributed by atoms with Gasteiger partial charge in [-0.05, 0) is 24.3 Å². The van der Waals surface area contributed by atoms with E-state index in [1.54, 1.807) is 6.07 Å². The van der Waals surface area contributed by atoms with Gasteiger partial charge in [-0.1, -0.05) is 22.0 Å². The number of nitro benzene ring substituents is 1. The van der Waals surface area contributed by atoms with Crippen molar-refractivity contribution in [3.8, 4) is 5.75 Å². The molecule has 0 N–H and O–H groups in total. The van der Waals surface area contributed by atoms with E-state index in [4.69, 9.17) is 4.74 Å². The number of aldehydes is 1. The van der Waals surface area contributed by atoms with Crippen LogP contribution in [0, 0.1) is 15.9 Å². The van der Waals surface area contributed by atoms with Gasteiger partial charge in [0.25, 0.3) is 0 Å². The number of hydrogen-bond acceptors (Lipinski definition) is 4. The predicted octanol–water partition coefficient (Wildman–Crippen LogP) is 3.89. The summed E-state index contributed by atoms with van der Waals surface area (Å²) in [7, 11) is 0. The Kier molecular flexibility index (Phi) is 4.64. The summed E-state index contributed by atoms with van der Waals surface area (Å²) in [6.45, 7) is -0.178. The molecular weight excluding hydrogens is 345 g/mol. The van der Waals surface area contributed by atoms with Crippen LogP contribution in [0.1, 0.15) is 15.9 Å². The molecule has 2 rings (SSSR count). The van der Waals surface area contributed by atoms with Crippen molar-refractivity contribution < 1.29 is 18.8 Å². The van der Waals surface area contributed by atoms with E-state index in [1.807, 2.05) is 0 Å². The Bertz CT molecular complexity index is 705. The van der Waals surface area contributed by atoms with Crippen LogP contribution in [0.25, 0.3) is 0 Å². The number of nitro groups is 1. The molecule has 0 unspecified atom stereocenters. The second-order valence-corrected chi connectivity index (χ2v) is 5.04. The van der Waals surface area contributed by atoms with Gasteiger partial charge in [0.05, 0.1) is 4.92 Å². The van der Waals surface area contributed by atoms with Crippen molar-refractivity contribution in [1.29, 1.82) is 0 Å². The topological polar surface area (TPSA) is 69.4 Å². The SMILES string of the molecule is O=Cc1ccc([N+](=O)[O-])c(OCc2ccc(Br)cc2F)c1. The van der Waals surface area contributed by atoms with E-state index in [2.05, 4.69) is 15.9 Å². The first-order valence-electron chi connectivity index (χ1n) is 5.81. The third-order valence-corrected chi connectivity index (χ3v) is 3.21. The molecule has 7 heteroatoms. The summed E-state index contributed by atoms with van der Waals surface area (Å²) < 4.78 is 19.5. The molecule has 2 aromatic rings. The van der Waals surface area contributed by atoms with E-state index in [1.165, 1.54) is 30.3 Å². The fraction of sp³-hybridized carbons (Fsp3) is 0.0714. The van der Waals surface area contributed by atoms with Gasteiger partial charge < -0.3 is 4.74 Å². The van der Waals surface area contributed by atoms with Crippen LogP contribution in [0.15, 0.2) is 40.9 Å². The van der Waals surface area contributed by atoms with Gasteiger partial charge in [-0.25, -0.2) is 4.39 Å². The van der Waals surface area contributed by atoms with Crippen molar-refractivity contribution in [3.05, 3.63) is 67.9 Å². The zero-order valence-corrected chi connectivity index (χ0v) is 12.2. The number of ether oxygens (including phenoxy) is 1. The molecule has 108 valence electrons. The largest absolute Gasteiger partial charge is 0.482 e. The van der Waals surface area contributed by atoms with Crippen molar-refractivity contribution in [2.24, 2.45) is 0 Å². The van der Waals surface area contributed by atoms with E-state index in [-0.39, 0.29) is 29.2 Å². The van der Waals surface area contributed by atoms with Gasteiger partial charge in [0.15, 0.2) is 5.75 Å². The van der Waals surface area contributed by atoms with Gasteiger partial charge in [-0.3, -0.25) is 14.9 Å². The molecule has 0 heterocycles. The van der Waals surface area contributed by atoms with Crippen LogP contribution in [0.5, 0.6) is 5.75 Å². The average molecular weight is 354 g/mol. The van der Waals surface area contributed by atoms with Crippen LogP contribution >= 0.6 is 15.9 Å². The minimum absolute atomic E-state index is 0.0769. The number of rotatable bonds is 5. The monoisotopic (exact) mass is 353 g/mol. The zero-order valence-electron chi connectivity index (χ0n) is 10.6. The van der Waals surface area contributed by atoms with Crippen LogP contribution in [0.2, 0.25) is 0 Å². The highest BCUT2D eigenvalue weighted by atomic mass is 79.9.